The number of hydrogen-bond donors (Lipinski definition) is 1. The molecule has 1 saturated heterocycles. The van der Waals surface area contributed by atoms with Gasteiger partial charge < -0.3 is 10.2 Å². The molecular formula is C27H31N7O3S2. The molecule has 2 heterocycles. The van der Waals surface area contributed by atoms with Gasteiger partial charge in [-0.2, -0.15) is 14.8 Å². The van der Waals surface area contributed by atoms with Gasteiger partial charge in [0.05, 0.1) is 27.3 Å². The summed E-state index contributed by atoms with van der Waals surface area (Å²) in [5.41, 5.74) is 2.63. The summed E-state index contributed by atoms with van der Waals surface area (Å²) in [6.45, 7) is 6.82. The highest BCUT2D eigenvalue weighted by atomic mass is 32.2. The fraction of sp³-hybridized carbons (Fsp3) is 0.407. The predicted molar refractivity (Wildman–Crippen MR) is 151 cm³/mol. The van der Waals surface area contributed by atoms with Gasteiger partial charge in [-0.05, 0) is 42.8 Å². The van der Waals surface area contributed by atoms with Crippen molar-refractivity contribution in [2.45, 2.75) is 24.7 Å². The van der Waals surface area contributed by atoms with E-state index < -0.39 is 10.0 Å². The summed E-state index contributed by atoms with van der Waals surface area (Å²) in [6.07, 6.45) is 0.0593. The van der Waals surface area contributed by atoms with Crippen molar-refractivity contribution in [1.82, 2.24) is 19.5 Å². The first-order valence-corrected chi connectivity index (χ1v) is 15.0. The third-order valence-corrected chi connectivity index (χ3v) is 9.66. The predicted octanol–water partition coefficient (Wildman–Crippen LogP) is 2.97. The number of piperazine rings is 1. The lowest BCUT2D eigenvalue weighted by atomic mass is 10.2. The molecule has 0 unspecified atom stereocenters. The van der Waals surface area contributed by atoms with Crippen LogP contribution in [0.5, 0.6) is 0 Å². The molecule has 4 rings (SSSR count). The van der Waals surface area contributed by atoms with Crippen LogP contribution in [0.25, 0.3) is 10.2 Å². The van der Waals surface area contributed by atoms with Crippen molar-refractivity contribution in [1.29, 1.82) is 10.5 Å². The summed E-state index contributed by atoms with van der Waals surface area (Å²) >= 11 is 1.72. The van der Waals surface area contributed by atoms with Gasteiger partial charge in [-0.15, -0.1) is 0 Å². The lowest BCUT2D eigenvalue weighted by molar-refractivity contribution is 0.0947. The molecular weight excluding hydrogens is 534 g/mol. The molecule has 0 atom stereocenters. The van der Waals surface area contributed by atoms with E-state index in [2.05, 4.69) is 40.2 Å². The zero-order chi connectivity index (χ0) is 27.8. The van der Waals surface area contributed by atoms with Crippen molar-refractivity contribution >= 4 is 42.6 Å². The Morgan fingerprint density at radius 2 is 1.72 bits per heavy atom. The van der Waals surface area contributed by atoms with E-state index in [0.29, 0.717) is 12.1 Å². The third kappa shape index (κ3) is 6.91. The number of amides is 1. The number of anilines is 1. The Bertz CT molecular complexity index is 1460. The van der Waals surface area contributed by atoms with E-state index in [9.17, 15) is 13.2 Å². The van der Waals surface area contributed by atoms with Gasteiger partial charge in [0.2, 0.25) is 10.0 Å². The van der Waals surface area contributed by atoms with Crippen molar-refractivity contribution in [3.8, 4) is 12.1 Å². The van der Waals surface area contributed by atoms with E-state index >= 15 is 0 Å². The van der Waals surface area contributed by atoms with Crippen LogP contribution in [-0.2, 0) is 10.0 Å². The number of sulfonamides is 1. The van der Waals surface area contributed by atoms with Gasteiger partial charge in [0.25, 0.3) is 5.91 Å². The molecule has 1 aliphatic rings. The van der Waals surface area contributed by atoms with Crippen LogP contribution in [0.1, 0.15) is 28.8 Å². The zero-order valence-electron chi connectivity index (χ0n) is 21.8. The number of aryl methyl sites for hydroxylation is 1. The van der Waals surface area contributed by atoms with Crippen LogP contribution in [0.15, 0.2) is 47.4 Å². The Kier molecular flexibility index (Phi) is 9.49. The van der Waals surface area contributed by atoms with Gasteiger partial charge >= 0.3 is 0 Å². The molecule has 39 heavy (non-hydrogen) atoms. The number of aromatic nitrogens is 1. The minimum atomic E-state index is -3.87. The molecule has 2 aromatic carbocycles. The minimum absolute atomic E-state index is 0.0112. The summed E-state index contributed by atoms with van der Waals surface area (Å²) in [5, 5.41) is 21.6. The van der Waals surface area contributed by atoms with Crippen molar-refractivity contribution in [3.05, 3.63) is 53.6 Å². The first-order valence-electron chi connectivity index (χ1n) is 12.8. The lowest BCUT2D eigenvalue weighted by Crippen LogP contribution is -2.48. The van der Waals surface area contributed by atoms with Crippen LogP contribution in [-0.4, -0.2) is 80.9 Å². The van der Waals surface area contributed by atoms with Crippen LogP contribution >= 0.6 is 11.3 Å². The van der Waals surface area contributed by atoms with E-state index in [4.69, 9.17) is 15.5 Å². The van der Waals surface area contributed by atoms with Crippen LogP contribution in [0.4, 0.5) is 5.13 Å². The molecule has 1 fully saturated rings. The molecule has 0 spiro atoms. The van der Waals surface area contributed by atoms with E-state index in [1.54, 1.807) is 11.3 Å². The van der Waals surface area contributed by atoms with Crippen molar-refractivity contribution in [2.24, 2.45) is 0 Å². The van der Waals surface area contributed by atoms with E-state index in [1.165, 1.54) is 34.5 Å². The zero-order valence-corrected chi connectivity index (χ0v) is 23.5. The van der Waals surface area contributed by atoms with Crippen molar-refractivity contribution in [3.63, 3.8) is 0 Å². The standard InChI is InChI=1S/C27H31N7O3S2/c1-21-5-2-6-24-25(21)31-27(38-24)33-19-17-32(18-20-33)16-13-30-26(35)22-7-9-23(10-8-22)39(36,37)34(14-3-11-28)15-4-12-29/h2,5-10H,3-4,13-20H2,1H3,(H,30,35). The fourth-order valence-electron chi connectivity index (χ4n) is 4.43. The highest BCUT2D eigenvalue weighted by molar-refractivity contribution is 7.89. The Labute approximate surface area is 233 Å². The maximum absolute atomic E-state index is 12.9. The average molecular weight is 566 g/mol. The number of fused-ring (bicyclic) bond motifs is 1. The Hall–Kier alpha value is -3.55. The smallest absolute Gasteiger partial charge is 0.251 e. The molecule has 0 aliphatic carbocycles. The van der Waals surface area contributed by atoms with Gasteiger partial charge in [-0.3, -0.25) is 9.69 Å². The Morgan fingerprint density at radius 1 is 1.05 bits per heavy atom. The molecule has 1 amide bonds. The number of benzene rings is 2. The molecule has 0 bridgehead atoms. The number of carbonyl (C=O) groups is 1. The van der Waals surface area contributed by atoms with E-state index in [-0.39, 0.29) is 36.7 Å². The summed E-state index contributed by atoms with van der Waals surface area (Å²) in [4.78, 5) is 22.1. The molecule has 1 aliphatic heterocycles. The Balaban J connectivity index is 1.25. The quantitative estimate of drug-likeness (QED) is 0.375. The number of rotatable bonds is 11. The number of carbonyl (C=O) groups excluding carboxylic acids is 1. The minimum Gasteiger partial charge on any atom is -0.351 e. The molecule has 10 nitrogen and oxygen atoms in total. The SMILES string of the molecule is Cc1cccc2sc(N3CCN(CCNC(=O)c4ccc(S(=O)(=O)N(CCC#N)CCC#N)cc4)CC3)nc12. The van der Waals surface area contributed by atoms with Crippen molar-refractivity contribution in [2.75, 3.05) is 57.3 Å². The number of nitrogens with zero attached hydrogens (tertiary/aromatic N) is 6. The van der Waals surface area contributed by atoms with Gasteiger partial charge in [0.15, 0.2) is 5.13 Å². The summed E-state index contributed by atoms with van der Waals surface area (Å²) in [6, 6.07) is 15.9. The van der Waals surface area contributed by atoms with E-state index in [0.717, 1.165) is 47.7 Å². The first kappa shape index (κ1) is 28.5. The lowest BCUT2D eigenvalue weighted by Gasteiger charge is -2.34. The molecule has 0 radical (unpaired) electrons. The number of thiazole rings is 1. The number of nitrogens with one attached hydrogen (secondary N) is 1. The van der Waals surface area contributed by atoms with Gasteiger partial charge in [-0.1, -0.05) is 23.5 Å². The molecule has 204 valence electrons. The highest BCUT2D eigenvalue weighted by Crippen LogP contribution is 2.31. The third-order valence-electron chi connectivity index (χ3n) is 6.67. The van der Waals surface area contributed by atoms with Crippen LogP contribution < -0.4 is 10.2 Å². The highest BCUT2D eigenvalue weighted by Gasteiger charge is 2.24. The second-order valence-corrected chi connectivity index (χ2v) is 12.2. The first-order chi connectivity index (χ1) is 18.8. The summed E-state index contributed by atoms with van der Waals surface area (Å²) < 4.78 is 28.2. The summed E-state index contributed by atoms with van der Waals surface area (Å²) in [5.74, 6) is -0.270. The fourth-order valence-corrected chi connectivity index (χ4v) is 6.97. The second kappa shape index (κ2) is 13.0. The average Bonchev–Trinajstić information content (AvgIpc) is 3.39. The van der Waals surface area contributed by atoms with E-state index in [1.807, 2.05) is 12.1 Å². The maximum Gasteiger partial charge on any atom is 0.251 e. The van der Waals surface area contributed by atoms with Gasteiger partial charge in [0, 0.05) is 70.8 Å². The largest absolute Gasteiger partial charge is 0.351 e. The second-order valence-electron chi connectivity index (χ2n) is 9.25. The van der Waals surface area contributed by atoms with Crippen molar-refractivity contribution < 1.29 is 13.2 Å². The molecule has 0 saturated carbocycles. The van der Waals surface area contributed by atoms with Crippen LogP contribution in [0.2, 0.25) is 0 Å². The monoisotopic (exact) mass is 565 g/mol. The number of hydrogen-bond acceptors (Lipinski definition) is 9. The topological polar surface area (TPSA) is 133 Å². The molecule has 1 N–H and O–H groups in total. The molecule has 3 aromatic rings. The van der Waals surface area contributed by atoms with Gasteiger partial charge in [-0.25, -0.2) is 13.4 Å². The van der Waals surface area contributed by atoms with Crippen LogP contribution in [0.3, 0.4) is 0 Å². The van der Waals surface area contributed by atoms with Crippen LogP contribution in [0, 0.1) is 29.6 Å². The molecule has 1 aromatic heterocycles. The Morgan fingerprint density at radius 3 is 2.33 bits per heavy atom. The summed E-state index contributed by atoms with van der Waals surface area (Å²) in [7, 11) is -3.87. The number of para-hydroxylation sites is 1. The molecule has 12 heteroatoms. The number of nitriles is 2. The maximum atomic E-state index is 12.9. The van der Waals surface area contributed by atoms with Gasteiger partial charge in [0.1, 0.15) is 0 Å². The normalized spacial score (nSPS) is 14.3.